The van der Waals surface area contributed by atoms with E-state index >= 15 is 0 Å². The number of benzene rings is 1. The summed E-state index contributed by atoms with van der Waals surface area (Å²) < 4.78 is 44.0. The number of nitrogens with one attached hydrogen (secondary N) is 2. The minimum Gasteiger partial charge on any atom is -0.462 e. The Balaban J connectivity index is 2.10. The number of hydrogen-bond acceptors (Lipinski definition) is 6. The molecule has 2 rings (SSSR count). The predicted molar refractivity (Wildman–Crippen MR) is 141 cm³/mol. The first-order valence-electron chi connectivity index (χ1n) is 13.1. The molecular weight excluding hydrogens is 531 g/mol. The molecule has 0 spiro atoms. The van der Waals surface area contributed by atoms with Gasteiger partial charge in [-0.1, -0.05) is 39.8 Å². The third-order valence-corrected chi connectivity index (χ3v) is 6.44. The van der Waals surface area contributed by atoms with E-state index in [0.717, 1.165) is 0 Å². The normalized spacial score (nSPS) is 17.1. The number of Topliss-reactive ketones (excluding diaryl/α,β-unsaturated/α-hetero) is 1. The third kappa shape index (κ3) is 8.65. The summed E-state index contributed by atoms with van der Waals surface area (Å²) in [7, 11) is 0. The molecule has 0 radical (unpaired) electrons. The maximum absolute atomic E-state index is 13.4. The number of ketones is 1. The average molecular weight is 568 g/mol. The van der Waals surface area contributed by atoms with Gasteiger partial charge in [-0.3, -0.25) is 19.2 Å². The van der Waals surface area contributed by atoms with E-state index in [4.69, 9.17) is 4.74 Å². The number of carbonyl (C=O) groups excluding carboxylic acids is 5. The Hall–Kier alpha value is -3.70. The molecule has 0 aromatic heterocycles. The molecule has 1 aliphatic rings. The molecule has 220 valence electrons. The van der Waals surface area contributed by atoms with Gasteiger partial charge in [-0.05, 0) is 55.4 Å². The lowest BCUT2D eigenvalue weighted by Crippen LogP contribution is -2.58. The molecule has 3 atom stereocenters. The van der Waals surface area contributed by atoms with Gasteiger partial charge in [-0.2, -0.15) is 13.2 Å². The standard InChI is InChI=1S/C28H36F3N3O6/c1-6-40-27(39)19-12-9-18(10-13-19)11-14-21(35)32-23(17(4)5)26(38)34-15-7-8-20(34)25(37)33-22(16(2)3)24(36)28(29,30)31/h9-14,16-17,20,22-23H,6-8,15H2,1-5H3,(H,32,35)(H,33,37)/b14-11+/t20?,22?,23-/m0/s1. The molecule has 40 heavy (non-hydrogen) atoms. The van der Waals surface area contributed by atoms with E-state index in [0.29, 0.717) is 17.5 Å². The lowest BCUT2D eigenvalue weighted by atomic mass is 9.98. The number of alkyl halides is 3. The summed E-state index contributed by atoms with van der Waals surface area (Å²) in [5.74, 6) is -5.67. The largest absolute Gasteiger partial charge is 0.462 e. The maximum atomic E-state index is 13.4. The molecule has 1 heterocycles. The van der Waals surface area contributed by atoms with Gasteiger partial charge in [-0.15, -0.1) is 0 Å². The molecule has 2 unspecified atom stereocenters. The van der Waals surface area contributed by atoms with Crippen molar-refractivity contribution < 1.29 is 41.9 Å². The Labute approximate surface area is 231 Å². The lowest BCUT2D eigenvalue weighted by molar-refractivity contribution is -0.175. The number of likely N-dealkylation sites (tertiary alicyclic amines) is 1. The number of halogens is 3. The Morgan fingerprint density at radius 2 is 1.60 bits per heavy atom. The Morgan fingerprint density at radius 3 is 2.12 bits per heavy atom. The zero-order valence-electron chi connectivity index (χ0n) is 23.2. The van der Waals surface area contributed by atoms with Crippen molar-refractivity contribution in [2.24, 2.45) is 11.8 Å². The first-order chi connectivity index (χ1) is 18.7. The van der Waals surface area contributed by atoms with Gasteiger partial charge >= 0.3 is 12.1 Å². The van der Waals surface area contributed by atoms with E-state index in [-0.39, 0.29) is 25.5 Å². The molecule has 0 aliphatic carbocycles. The highest BCUT2D eigenvalue weighted by Gasteiger charge is 2.46. The van der Waals surface area contributed by atoms with E-state index in [1.165, 1.54) is 30.9 Å². The second kappa shape index (κ2) is 14.1. The van der Waals surface area contributed by atoms with Crippen molar-refractivity contribution >= 4 is 35.6 Å². The summed E-state index contributed by atoms with van der Waals surface area (Å²) in [4.78, 5) is 63.8. The monoisotopic (exact) mass is 567 g/mol. The summed E-state index contributed by atoms with van der Waals surface area (Å²) in [6.45, 7) is 8.32. The van der Waals surface area contributed by atoms with Crippen LogP contribution in [0.1, 0.15) is 63.4 Å². The Morgan fingerprint density at radius 1 is 1.00 bits per heavy atom. The molecule has 1 fully saturated rings. The molecule has 9 nitrogen and oxygen atoms in total. The van der Waals surface area contributed by atoms with Crippen LogP contribution in [0.5, 0.6) is 0 Å². The predicted octanol–water partition coefficient (Wildman–Crippen LogP) is 3.28. The van der Waals surface area contributed by atoms with Gasteiger partial charge < -0.3 is 20.3 Å². The first kappa shape index (κ1) is 32.5. The smallest absolute Gasteiger partial charge is 0.452 e. The average Bonchev–Trinajstić information content (AvgIpc) is 3.38. The molecule has 0 bridgehead atoms. The summed E-state index contributed by atoms with van der Waals surface area (Å²) in [6, 6.07) is 2.52. The van der Waals surface area contributed by atoms with E-state index in [1.807, 2.05) is 0 Å². The van der Waals surface area contributed by atoms with Crippen molar-refractivity contribution in [2.75, 3.05) is 13.2 Å². The van der Waals surface area contributed by atoms with Crippen molar-refractivity contribution in [2.45, 2.75) is 71.8 Å². The number of rotatable bonds is 11. The molecule has 2 N–H and O–H groups in total. The number of hydrogen-bond donors (Lipinski definition) is 2. The Bertz CT molecular complexity index is 1120. The summed E-state index contributed by atoms with van der Waals surface area (Å²) >= 11 is 0. The van der Waals surface area contributed by atoms with Gasteiger partial charge in [0.1, 0.15) is 12.1 Å². The van der Waals surface area contributed by atoms with Crippen LogP contribution in [0.25, 0.3) is 6.08 Å². The zero-order chi connectivity index (χ0) is 30.2. The second-order valence-electron chi connectivity index (χ2n) is 10.2. The number of amides is 3. The van der Waals surface area contributed by atoms with Gasteiger partial charge in [0, 0.05) is 12.6 Å². The lowest BCUT2D eigenvalue weighted by Gasteiger charge is -2.31. The van der Waals surface area contributed by atoms with Crippen molar-refractivity contribution in [3.05, 3.63) is 41.5 Å². The summed E-state index contributed by atoms with van der Waals surface area (Å²) in [6.07, 6.45) is -1.74. The summed E-state index contributed by atoms with van der Waals surface area (Å²) in [5, 5.41) is 4.83. The number of esters is 1. The zero-order valence-corrected chi connectivity index (χ0v) is 23.2. The molecule has 0 saturated carbocycles. The fraction of sp³-hybridized carbons (Fsp3) is 0.536. The molecule has 1 aromatic rings. The summed E-state index contributed by atoms with van der Waals surface area (Å²) in [5.41, 5.74) is 0.987. The quantitative estimate of drug-likeness (QED) is 0.313. The molecule has 3 amide bonds. The van der Waals surface area contributed by atoms with Crippen LogP contribution in [0.2, 0.25) is 0 Å². The number of carbonyl (C=O) groups is 5. The van der Waals surface area contributed by atoms with Gasteiger partial charge in [0.2, 0.25) is 17.7 Å². The van der Waals surface area contributed by atoms with Crippen LogP contribution in [0.4, 0.5) is 13.2 Å². The van der Waals surface area contributed by atoms with Crippen LogP contribution in [-0.4, -0.2) is 71.8 Å². The fourth-order valence-corrected chi connectivity index (χ4v) is 4.27. The Kier molecular flexibility index (Phi) is 11.4. The minimum absolute atomic E-state index is 0.179. The highest BCUT2D eigenvalue weighted by Crippen LogP contribution is 2.24. The molecule has 12 heteroatoms. The van der Waals surface area contributed by atoms with Crippen molar-refractivity contribution in [3.63, 3.8) is 0 Å². The van der Waals surface area contributed by atoms with Crippen molar-refractivity contribution in [1.82, 2.24) is 15.5 Å². The fourth-order valence-electron chi connectivity index (χ4n) is 4.27. The topological polar surface area (TPSA) is 122 Å². The second-order valence-corrected chi connectivity index (χ2v) is 10.2. The van der Waals surface area contributed by atoms with E-state index in [2.05, 4.69) is 10.6 Å². The molecule has 1 saturated heterocycles. The molecular formula is C28H36F3N3O6. The number of nitrogens with zero attached hydrogens (tertiary/aromatic N) is 1. The van der Waals surface area contributed by atoms with Crippen LogP contribution in [0.15, 0.2) is 30.3 Å². The van der Waals surface area contributed by atoms with Crippen LogP contribution in [0, 0.1) is 11.8 Å². The van der Waals surface area contributed by atoms with E-state index < -0.39 is 59.7 Å². The van der Waals surface area contributed by atoms with Gasteiger partial charge in [0.05, 0.1) is 18.2 Å². The van der Waals surface area contributed by atoms with Gasteiger partial charge in [0.25, 0.3) is 5.78 Å². The van der Waals surface area contributed by atoms with Gasteiger partial charge in [-0.25, -0.2) is 4.79 Å². The number of ether oxygens (including phenoxy) is 1. The highest BCUT2D eigenvalue weighted by atomic mass is 19.4. The first-order valence-corrected chi connectivity index (χ1v) is 13.1. The molecule has 1 aliphatic heterocycles. The van der Waals surface area contributed by atoms with Crippen molar-refractivity contribution in [3.8, 4) is 0 Å². The van der Waals surface area contributed by atoms with E-state index in [1.54, 1.807) is 45.0 Å². The van der Waals surface area contributed by atoms with Crippen LogP contribution in [-0.2, 0) is 23.9 Å². The van der Waals surface area contributed by atoms with E-state index in [9.17, 15) is 37.1 Å². The van der Waals surface area contributed by atoms with Crippen LogP contribution >= 0.6 is 0 Å². The minimum atomic E-state index is -5.11. The molecule has 1 aromatic carbocycles. The third-order valence-electron chi connectivity index (χ3n) is 6.44. The van der Waals surface area contributed by atoms with Crippen LogP contribution < -0.4 is 10.6 Å². The van der Waals surface area contributed by atoms with Gasteiger partial charge in [0.15, 0.2) is 0 Å². The van der Waals surface area contributed by atoms with Crippen LogP contribution in [0.3, 0.4) is 0 Å². The maximum Gasteiger partial charge on any atom is 0.452 e. The SMILES string of the molecule is CCOC(=O)c1ccc(/C=C/C(=O)N[C@H](C(=O)N2CCCC2C(=O)NC(C(=O)C(F)(F)F)C(C)C)C(C)C)cc1. The van der Waals surface area contributed by atoms with Crippen molar-refractivity contribution in [1.29, 1.82) is 0 Å². The highest BCUT2D eigenvalue weighted by molar-refractivity contribution is 5.98.